The van der Waals surface area contributed by atoms with E-state index in [1.54, 1.807) is 7.11 Å². The average Bonchev–Trinajstić information content (AvgIpc) is 2.26. The molecule has 1 N–H and O–H groups in total. The Morgan fingerprint density at radius 2 is 2.00 bits per heavy atom. The quantitative estimate of drug-likeness (QED) is 0.719. The van der Waals surface area contributed by atoms with Gasteiger partial charge in [-0.2, -0.15) is 0 Å². The third-order valence-corrected chi connectivity index (χ3v) is 2.13. The molecule has 0 saturated heterocycles. The van der Waals surface area contributed by atoms with Crippen LogP contribution < -0.4 is 5.32 Å². The van der Waals surface area contributed by atoms with E-state index >= 15 is 0 Å². The van der Waals surface area contributed by atoms with Crippen molar-refractivity contribution >= 4 is 6.08 Å². The van der Waals surface area contributed by atoms with Crippen molar-refractivity contribution in [2.75, 3.05) is 26.8 Å². The van der Waals surface area contributed by atoms with Gasteiger partial charge in [0.25, 0.3) is 0 Å². The molecule has 1 aromatic carbocycles. The second-order valence-electron chi connectivity index (χ2n) is 3.51. The Bertz CT molecular complexity index is 290. The molecule has 1 aromatic rings. The molecule has 0 bridgehead atoms. The van der Waals surface area contributed by atoms with Crippen LogP contribution in [0.15, 0.2) is 30.3 Å². The van der Waals surface area contributed by atoms with Crippen molar-refractivity contribution in [3.8, 4) is 0 Å². The van der Waals surface area contributed by atoms with Gasteiger partial charge in [0.15, 0.2) is 0 Å². The Balaban J connectivity index is 2.23. The van der Waals surface area contributed by atoms with Crippen molar-refractivity contribution in [3.63, 3.8) is 0 Å². The van der Waals surface area contributed by atoms with E-state index in [-0.39, 0.29) is 0 Å². The number of benzene rings is 1. The molecule has 0 amide bonds. The van der Waals surface area contributed by atoms with Gasteiger partial charge in [-0.3, -0.25) is 0 Å². The van der Waals surface area contributed by atoms with Gasteiger partial charge in [-0.1, -0.05) is 42.0 Å². The minimum Gasteiger partial charge on any atom is -0.383 e. The Hall–Kier alpha value is -1.12. The molecule has 0 unspecified atom stereocenters. The molecule has 0 aliphatic carbocycles. The summed E-state index contributed by atoms with van der Waals surface area (Å²) in [5.74, 6) is 0. The van der Waals surface area contributed by atoms with Crippen LogP contribution in [0.25, 0.3) is 6.08 Å². The molecule has 0 saturated carbocycles. The fourth-order valence-corrected chi connectivity index (χ4v) is 1.23. The molecule has 82 valence electrons. The molecule has 0 fully saturated rings. The number of nitrogens with one attached hydrogen (secondary N) is 1. The molecular weight excluding hydrogens is 186 g/mol. The Morgan fingerprint density at radius 1 is 1.27 bits per heavy atom. The van der Waals surface area contributed by atoms with E-state index in [2.05, 4.69) is 48.7 Å². The number of rotatable bonds is 6. The summed E-state index contributed by atoms with van der Waals surface area (Å²) in [5.41, 5.74) is 2.54. The Morgan fingerprint density at radius 3 is 2.67 bits per heavy atom. The lowest BCUT2D eigenvalue weighted by molar-refractivity contribution is 0.200. The van der Waals surface area contributed by atoms with E-state index in [4.69, 9.17) is 4.74 Å². The van der Waals surface area contributed by atoms with Gasteiger partial charge in [0.2, 0.25) is 0 Å². The first kappa shape index (κ1) is 12.0. The zero-order valence-electron chi connectivity index (χ0n) is 9.49. The van der Waals surface area contributed by atoms with Gasteiger partial charge in [-0.25, -0.2) is 0 Å². The number of aryl methyl sites for hydroxylation is 1. The SMILES string of the molecule is COCCNCC=Cc1ccc(C)cc1. The van der Waals surface area contributed by atoms with Crippen molar-refractivity contribution in [3.05, 3.63) is 41.5 Å². The smallest absolute Gasteiger partial charge is 0.0587 e. The lowest BCUT2D eigenvalue weighted by atomic mass is 10.1. The maximum atomic E-state index is 4.93. The van der Waals surface area contributed by atoms with E-state index in [9.17, 15) is 0 Å². The van der Waals surface area contributed by atoms with Crippen molar-refractivity contribution in [1.82, 2.24) is 5.32 Å². The minimum absolute atomic E-state index is 0.762. The van der Waals surface area contributed by atoms with Crippen LogP contribution in [0.2, 0.25) is 0 Å². The predicted octanol–water partition coefficient (Wildman–Crippen LogP) is 2.24. The minimum atomic E-state index is 0.762. The first-order valence-electron chi connectivity index (χ1n) is 5.26. The largest absolute Gasteiger partial charge is 0.383 e. The molecule has 2 nitrogen and oxygen atoms in total. The van der Waals surface area contributed by atoms with Crippen LogP contribution in [0.4, 0.5) is 0 Å². The Kier molecular flexibility index (Phi) is 5.74. The van der Waals surface area contributed by atoms with Crippen LogP contribution in [-0.2, 0) is 4.74 Å². The van der Waals surface area contributed by atoms with E-state index in [0.29, 0.717) is 0 Å². The van der Waals surface area contributed by atoms with Crippen molar-refractivity contribution in [1.29, 1.82) is 0 Å². The lowest BCUT2D eigenvalue weighted by Crippen LogP contribution is -2.18. The fraction of sp³-hybridized carbons (Fsp3) is 0.385. The highest BCUT2D eigenvalue weighted by atomic mass is 16.5. The number of hydrogen-bond donors (Lipinski definition) is 1. The molecule has 0 radical (unpaired) electrons. The summed E-state index contributed by atoms with van der Waals surface area (Å²) in [4.78, 5) is 0. The summed E-state index contributed by atoms with van der Waals surface area (Å²) in [6, 6.07) is 8.50. The summed E-state index contributed by atoms with van der Waals surface area (Å²) in [6.45, 7) is 4.64. The highest BCUT2D eigenvalue weighted by Crippen LogP contribution is 2.04. The molecule has 1 rings (SSSR count). The van der Waals surface area contributed by atoms with Gasteiger partial charge in [0.1, 0.15) is 0 Å². The molecule has 2 heteroatoms. The van der Waals surface area contributed by atoms with Crippen LogP contribution in [0.1, 0.15) is 11.1 Å². The lowest BCUT2D eigenvalue weighted by Gasteiger charge is -1.99. The van der Waals surface area contributed by atoms with Crippen LogP contribution in [0.5, 0.6) is 0 Å². The van der Waals surface area contributed by atoms with Crippen molar-refractivity contribution in [2.45, 2.75) is 6.92 Å². The van der Waals surface area contributed by atoms with Gasteiger partial charge in [-0.15, -0.1) is 0 Å². The molecule has 0 aromatic heterocycles. The average molecular weight is 205 g/mol. The first-order chi connectivity index (χ1) is 7.33. The first-order valence-corrected chi connectivity index (χ1v) is 5.26. The molecule has 0 aliphatic heterocycles. The molecule has 0 heterocycles. The van der Waals surface area contributed by atoms with Gasteiger partial charge in [-0.05, 0) is 12.5 Å². The van der Waals surface area contributed by atoms with Crippen LogP contribution in [-0.4, -0.2) is 26.8 Å². The molecule has 15 heavy (non-hydrogen) atoms. The van der Waals surface area contributed by atoms with E-state index in [0.717, 1.165) is 19.7 Å². The predicted molar refractivity (Wildman–Crippen MR) is 65.0 cm³/mol. The zero-order chi connectivity index (χ0) is 10.9. The maximum Gasteiger partial charge on any atom is 0.0587 e. The summed E-state index contributed by atoms with van der Waals surface area (Å²) in [7, 11) is 1.71. The molecule has 0 aliphatic rings. The fourth-order valence-electron chi connectivity index (χ4n) is 1.23. The maximum absolute atomic E-state index is 4.93. The highest BCUT2D eigenvalue weighted by Gasteiger charge is 1.86. The zero-order valence-corrected chi connectivity index (χ0v) is 9.49. The molecule has 0 atom stereocenters. The van der Waals surface area contributed by atoms with Gasteiger partial charge < -0.3 is 10.1 Å². The normalized spacial score (nSPS) is 11.1. The standard InChI is InChI=1S/C13H19NO/c1-12-5-7-13(8-6-12)4-3-9-14-10-11-15-2/h3-8,14H,9-11H2,1-2H3. The van der Waals surface area contributed by atoms with E-state index < -0.39 is 0 Å². The van der Waals surface area contributed by atoms with Crippen LogP contribution in [0.3, 0.4) is 0 Å². The second-order valence-corrected chi connectivity index (χ2v) is 3.51. The third-order valence-electron chi connectivity index (χ3n) is 2.13. The van der Waals surface area contributed by atoms with Gasteiger partial charge in [0.05, 0.1) is 6.61 Å². The van der Waals surface area contributed by atoms with Crippen LogP contribution >= 0.6 is 0 Å². The van der Waals surface area contributed by atoms with Crippen molar-refractivity contribution < 1.29 is 4.74 Å². The molecular formula is C13H19NO. The van der Waals surface area contributed by atoms with Crippen LogP contribution in [0, 0.1) is 6.92 Å². The summed E-state index contributed by atoms with van der Waals surface area (Å²) in [6.07, 6.45) is 4.25. The summed E-state index contributed by atoms with van der Waals surface area (Å²) >= 11 is 0. The van der Waals surface area contributed by atoms with E-state index in [1.807, 2.05) is 0 Å². The number of ether oxygens (including phenoxy) is 1. The molecule has 0 spiro atoms. The van der Waals surface area contributed by atoms with Crippen molar-refractivity contribution in [2.24, 2.45) is 0 Å². The monoisotopic (exact) mass is 205 g/mol. The Labute approximate surface area is 92.0 Å². The third kappa shape index (κ3) is 5.35. The van der Waals surface area contributed by atoms with E-state index in [1.165, 1.54) is 11.1 Å². The topological polar surface area (TPSA) is 21.3 Å². The summed E-state index contributed by atoms with van der Waals surface area (Å²) in [5, 5.41) is 3.26. The summed E-state index contributed by atoms with van der Waals surface area (Å²) < 4.78 is 4.93. The second kappa shape index (κ2) is 7.21. The highest BCUT2D eigenvalue weighted by molar-refractivity contribution is 5.49. The van der Waals surface area contributed by atoms with Gasteiger partial charge >= 0.3 is 0 Å². The number of hydrogen-bond acceptors (Lipinski definition) is 2. The number of methoxy groups -OCH3 is 1. The van der Waals surface area contributed by atoms with Gasteiger partial charge in [0, 0.05) is 20.2 Å².